The van der Waals surface area contributed by atoms with E-state index in [4.69, 9.17) is 0 Å². The van der Waals surface area contributed by atoms with Crippen LogP contribution in [0.25, 0.3) is 0 Å². The van der Waals surface area contributed by atoms with Gasteiger partial charge in [0.1, 0.15) is 5.82 Å². The van der Waals surface area contributed by atoms with Crippen LogP contribution in [0.1, 0.15) is 40.2 Å². The number of rotatable bonds is 4. The molecular formula is C15H25FN2. The Labute approximate surface area is 110 Å². The van der Waals surface area contributed by atoms with Gasteiger partial charge in [-0.3, -0.25) is 0 Å². The van der Waals surface area contributed by atoms with Gasteiger partial charge in [-0.25, -0.2) is 4.39 Å². The third-order valence-corrected chi connectivity index (χ3v) is 3.01. The second-order valence-electron chi connectivity index (χ2n) is 6.06. The van der Waals surface area contributed by atoms with Crippen LogP contribution in [0.15, 0.2) is 18.2 Å². The summed E-state index contributed by atoms with van der Waals surface area (Å²) in [5, 5.41) is 3.41. The fraction of sp³-hybridized carbons (Fsp3) is 0.600. The zero-order chi connectivity index (χ0) is 13.9. The van der Waals surface area contributed by atoms with Crippen LogP contribution in [0.4, 0.5) is 10.1 Å². The molecule has 0 unspecified atom stereocenters. The van der Waals surface area contributed by atoms with Crippen molar-refractivity contribution >= 4 is 5.69 Å². The molecule has 0 saturated heterocycles. The Kier molecular flexibility index (Phi) is 4.74. The number of halogens is 1. The van der Waals surface area contributed by atoms with Crippen LogP contribution in [0.2, 0.25) is 0 Å². The second-order valence-corrected chi connectivity index (χ2v) is 6.06. The summed E-state index contributed by atoms with van der Waals surface area (Å²) in [4.78, 5) is 1.98. The summed E-state index contributed by atoms with van der Waals surface area (Å²) in [6.45, 7) is 11.1. The molecule has 102 valence electrons. The number of benzene rings is 1. The molecule has 18 heavy (non-hydrogen) atoms. The molecule has 0 aliphatic heterocycles. The quantitative estimate of drug-likeness (QED) is 0.881. The van der Waals surface area contributed by atoms with Crippen LogP contribution >= 0.6 is 0 Å². The lowest BCUT2D eigenvalue weighted by atomic mass is 10.1. The third-order valence-electron chi connectivity index (χ3n) is 3.01. The summed E-state index contributed by atoms with van der Waals surface area (Å²) >= 11 is 0. The lowest BCUT2D eigenvalue weighted by molar-refractivity contribution is 0.423. The van der Waals surface area contributed by atoms with Crippen LogP contribution in [0.5, 0.6) is 0 Å². The van der Waals surface area contributed by atoms with Gasteiger partial charge in [0, 0.05) is 25.2 Å². The normalized spacial score (nSPS) is 12.0. The highest BCUT2D eigenvalue weighted by atomic mass is 19.1. The average Bonchev–Trinajstić information content (AvgIpc) is 2.24. The van der Waals surface area contributed by atoms with Gasteiger partial charge in [-0.05, 0) is 46.2 Å². The first-order valence-electron chi connectivity index (χ1n) is 6.47. The van der Waals surface area contributed by atoms with Crippen LogP contribution in [-0.2, 0) is 6.54 Å². The van der Waals surface area contributed by atoms with E-state index in [0.717, 1.165) is 5.56 Å². The maximum absolute atomic E-state index is 14.0. The fourth-order valence-electron chi connectivity index (χ4n) is 1.72. The van der Waals surface area contributed by atoms with E-state index in [0.29, 0.717) is 12.2 Å². The van der Waals surface area contributed by atoms with E-state index in [-0.39, 0.29) is 17.4 Å². The minimum absolute atomic E-state index is 0.0278. The monoisotopic (exact) mass is 252 g/mol. The highest BCUT2D eigenvalue weighted by Crippen LogP contribution is 2.25. The Morgan fingerprint density at radius 3 is 2.39 bits per heavy atom. The van der Waals surface area contributed by atoms with Crippen molar-refractivity contribution in [2.24, 2.45) is 0 Å². The minimum atomic E-state index is -0.153. The molecule has 1 aromatic rings. The number of nitrogens with zero attached hydrogens (tertiary/aromatic N) is 1. The standard InChI is InChI=1S/C15H25FN2/c1-11(2)18(6)14-12(8-7-9-13(14)16)10-17-15(3,4)5/h7-9,11,17H,10H2,1-6H3. The van der Waals surface area contributed by atoms with E-state index in [2.05, 4.69) is 39.9 Å². The molecule has 0 radical (unpaired) electrons. The molecule has 0 atom stereocenters. The van der Waals surface area contributed by atoms with Gasteiger partial charge in [-0.1, -0.05) is 12.1 Å². The Morgan fingerprint density at radius 1 is 1.28 bits per heavy atom. The Morgan fingerprint density at radius 2 is 1.89 bits per heavy atom. The highest BCUT2D eigenvalue weighted by Gasteiger charge is 2.16. The number of para-hydroxylation sites is 1. The van der Waals surface area contributed by atoms with Crippen LogP contribution < -0.4 is 10.2 Å². The topological polar surface area (TPSA) is 15.3 Å². The molecule has 0 heterocycles. The van der Waals surface area contributed by atoms with Crippen molar-refractivity contribution in [3.63, 3.8) is 0 Å². The molecule has 2 nitrogen and oxygen atoms in total. The molecule has 3 heteroatoms. The Balaban J connectivity index is 3.01. The maximum Gasteiger partial charge on any atom is 0.146 e. The lowest BCUT2D eigenvalue weighted by Crippen LogP contribution is -2.36. The van der Waals surface area contributed by atoms with E-state index >= 15 is 0 Å². The van der Waals surface area contributed by atoms with Crippen LogP contribution in [0.3, 0.4) is 0 Å². The van der Waals surface area contributed by atoms with Gasteiger partial charge in [0.05, 0.1) is 5.69 Å². The molecule has 1 N–H and O–H groups in total. The van der Waals surface area contributed by atoms with Gasteiger partial charge in [0.25, 0.3) is 0 Å². The zero-order valence-corrected chi connectivity index (χ0v) is 12.3. The molecule has 0 aliphatic rings. The maximum atomic E-state index is 14.0. The van der Waals surface area contributed by atoms with Crippen molar-refractivity contribution in [2.75, 3.05) is 11.9 Å². The predicted molar refractivity (Wildman–Crippen MR) is 76.5 cm³/mol. The number of nitrogens with one attached hydrogen (secondary N) is 1. The largest absolute Gasteiger partial charge is 0.370 e. The molecule has 1 rings (SSSR count). The van der Waals surface area contributed by atoms with Gasteiger partial charge < -0.3 is 10.2 Å². The van der Waals surface area contributed by atoms with Crippen molar-refractivity contribution in [2.45, 2.75) is 52.7 Å². The summed E-state index contributed by atoms with van der Waals surface area (Å²) in [7, 11) is 1.93. The van der Waals surface area contributed by atoms with E-state index in [1.165, 1.54) is 6.07 Å². The minimum Gasteiger partial charge on any atom is -0.370 e. The van der Waals surface area contributed by atoms with E-state index < -0.39 is 0 Å². The summed E-state index contributed by atoms with van der Waals surface area (Å²) in [5.74, 6) is -0.153. The first-order valence-corrected chi connectivity index (χ1v) is 6.47. The van der Waals surface area contributed by atoms with Gasteiger partial charge >= 0.3 is 0 Å². The second kappa shape index (κ2) is 5.70. The van der Waals surface area contributed by atoms with Crippen LogP contribution in [-0.4, -0.2) is 18.6 Å². The molecule has 0 aromatic heterocycles. The van der Waals surface area contributed by atoms with Gasteiger partial charge in [-0.15, -0.1) is 0 Å². The Bertz CT molecular complexity index is 394. The Hall–Kier alpha value is -1.09. The lowest BCUT2D eigenvalue weighted by Gasteiger charge is -2.28. The molecule has 0 saturated carbocycles. The van der Waals surface area contributed by atoms with E-state index in [1.807, 2.05) is 18.0 Å². The molecule has 0 fully saturated rings. The highest BCUT2D eigenvalue weighted by molar-refractivity contribution is 5.55. The third kappa shape index (κ3) is 3.98. The molecule has 0 spiro atoms. The molecule has 0 amide bonds. The average molecular weight is 252 g/mol. The molecule has 0 aliphatic carbocycles. The summed E-state index contributed by atoms with van der Waals surface area (Å²) in [6, 6.07) is 5.55. The first-order chi connectivity index (χ1) is 8.22. The molecule has 0 bridgehead atoms. The zero-order valence-electron chi connectivity index (χ0n) is 12.3. The summed E-state index contributed by atoms with van der Waals surface area (Å²) < 4.78 is 14.0. The number of hydrogen-bond acceptors (Lipinski definition) is 2. The summed E-state index contributed by atoms with van der Waals surface area (Å²) in [6.07, 6.45) is 0. The van der Waals surface area contributed by atoms with Crippen LogP contribution in [0, 0.1) is 5.82 Å². The predicted octanol–water partition coefficient (Wildman–Crippen LogP) is 3.56. The van der Waals surface area contributed by atoms with Gasteiger partial charge in [0.2, 0.25) is 0 Å². The van der Waals surface area contributed by atoms with Crippen molar-refractivity contribution < 1.29 is 4.39 Å². The first kappa shape index (κ1) is 15.0. The number of anilines is 1. The van der Waals surface area contributed by atoms with Crippen molar-refractivity contribution in [3.8, 4) is 0 Å². The SMILES string of the molecule is CC(C)N(C)c1c(F)cccc1CNC(C)(C)C. The number of hydrogen-bond donors (Lipinski definition) is 1. The van der Waals surface area contributed by atoms with Crippen molar-refractivity contribution in [3.05, 3.63) is 29.6 Å². The molecular weight excluding hydrogens is 227 g/mol. The van der Waals surface area contributed by atoms with E-state index in [1.54, 1.807) is 6.07 Å². The smallest absolute Gasteiger partial charge is 0.146 e. The van der Waals surface area contributed by atoms with Gasteiger partial charge in [0.15, 0.2) is 0 Å². The van der Waals surface area contributed by atoms with Crippen molar-refractivity contribution in [1.82, 2.24) is 5.32 Å². The summed E-state index contributed by atoms with van der Waals surface area (Å²) in [5.41, 5.74) is 1.73. The van der Waals surface area contributed by atoms with Gasteiger partial charge in [-0.2, -0.15) is 0 Å². The molecule has 1 aromatic carbocycles. The fourth-order valence-corrected chi connectivity index (χ4v) is 1.72. The van der Waals surface area contributed by atoms with Crippen molar-refractivity contribution in [1.29, 1.82) is 0 Å². The van der Waals surface area contributed by atoms with E-state index in [9.17, 15) is 4.39 Å².